The Hall–Kier alpha value is -1.17. The SMILES string of the molecule is O=CC1=CC2=CC(B(O)O)C3CCNC3C2=C1. The quantitative estimate of drug-likeness (QED) is 0.455. The molecule has 3 aliphatic rings. The molecular formula is C12H14BNO3. The second kappa shape index (κ2) is 3.94. The van der Waals surface area contributed by atoms with Crippen molar-refractivity contribution in [3.63, 3.8) is 0 Å². The van der Waals surface area contributed by atoms with Crippen molar-refractivity contribution in [1.29, 1.82) is 0 Å². The number of carbonyl (C=O) groups is 1. The molecular weight excluding hydrogens is 217 g/mol. The molecule has 3 rings (SSSR count). The van der Waals surface area contributed by atoms with Gasteiger partial charge in [0.25, 0.3) is 0 Å². The maximum Gasteiger partial charge on any atom is 0.459 e. The van der Waals surface area contributed by atoms with E-state index in [9.17, 15) is 14.8 Å². The molecule has 0 bridgehead atoms. The lowest BCUT2D eigenvalue weighted by atomic mass is 9.59. The third kappa shape index (κ3) is 1.62. The smallest absolute Gasteiger partial charge is 0.427 e. The summed E-state index contributed by atoms with van der Waals surface area (Å²) in [6.45, 7) is 0.882. The summed E-state index contributed by atoms with van der Waals surface area (Å²) < 4.78 is 0. The van der Waals surface area contributed by atoms with E-state index in [4.69, 9.17) is 0 Å². The van der Waals surface area contributed by atoms with E-state index in [0.717, 1.165) is 30.4 Å². The lowest BCUT2D eigenvalue weighted by Gasteiger charge is -2.32. The van der Waals surface area contributed by atoms with Gasteiger partial charge in [-0.3, -0.25) is 4.79 Å². The summed E-state index contributed by atoms with van der Waals surface area (Å²) in [5.41, 5.74) is 2.74. The van der Waals surface area contributed by atoms with Gasteiger partial charge in [-0.2, -0.15) is 0 Å². The lowest BCUT2D eigenvalue weighted by molar-refractivity contribution is -0.104. The van der Waals surface area contributed by atoms with Crippen LogP contribution in [0.15, 0.2) is 34.9 Å². The fourth-order valence-corrected chi connectivity index (χ4v) is 3.17. The van der Waals surface area contributed by atoms with Crippen LogP contribution in [0, 0.1) is 5.92 Å². The molecule has 2 aliphatic carbocycles. The highest BCUT2D eigenvalue weighted by Gasteiger charge is 2.44. The molecule has 88 valence electrons. The van der Waals surface area contributed by atoms with Crippen molar-refractivity contribution in [3.05, 3.63) is 34.9 Å². The van der Waals surface area contributed by atoms with E-state index in [-0.39, 0.29) is 17.8 Å². The molecule has 4 nitrogen and oxygen atoms in total. The van der Waals surface area contributed by atoms with Gasteiger partial charge in [0, 0.05) is 17.4 Å². The molecule has 0 radical (unpaired) electrons. The average molecular weight is 231 g/mol. The third-order valence-electron chi connectivity index (χ3n) is 3.93. The average Bonchev–Trinajstić information content (AvgIpc) is 2.92. The van der Waals surface area contributed by atoms with Crippen LogP contribution in [0.25, 0.3) is 0 Å². The number of fused-ring (bicyclic) bond motifs is 3. The zero-order chi connectivity index (χ0) is 12.0. The highest BCUT2D eigenvalue weighted by molar-refractivity contribution is 6.44. The summed E-state index contributed by atoms with van der Waals surface area (Å²) in [4.78, 5) is 10.8. The van der Waals surface area contributed by atoms with E-state index in [1.54, 1.807) is 0 Å². The van der Waals surface area contributed by atoms with Gasteiger partial charge in [-0.15, -0.1) is 0 Å². The monoisotopic (exact) mass is 231 g/mol. The number of hydrogen-bond acceptors (Lipinski definition) is 4. The van der Waals surface area contributed by atoms with Crippen molar-refractivity contribution in [2.75, 3.05) is 6.54 Å². The van der Waals surface area contributed by atoms with Gasteiger partial charge >= 0.3 is 7.12 Å². The molecule has 3 unspecified atom stereocenters. The second-order valence-electron chi connectivity index (χ2n) is 4.86. The molecule has 1 saturated heterocycles. The number of allylic oxidation sites excluding steroid dienone is 4. The molecule has 0 amide bonds. The molecule has 0 aromatic rings. The zero-order valence-corrected chi connectivity index (χ0v) is 9.34. The number of aldehydes is 1. The number of nitrogens with one attached hydrogen (secondary N) is 1. The highest BCUT2D eigenvalue weighted by Crippen LogP contribution is 2.44. The largest absolute Gasteiger partial charge is 0.459 e. The van der Waals surface area contributed by atoms with Crippen LogP contribution in [0.3, 0.4) is 0 Å². The Morgan fingerprint density at radius 2 is 2.24 bits per heavy atom. The normalized spacial score (nSPS) is 34.5. The van der Waals surface area contributed by atoms with Gasteiger partial charge in [0.2, 0.25) is 0 Å². The topological polar surface area (TPSA) is 69.6 Å². The van der Waals surface area contributed by atoms with Crippen molar-refractivity contribution in [1.82, 2.24) is 5.32 Å². The maximum absolute atomic E-state index is 10.8. The summed E-state index contributed by atoms with van der Waals surface area (Å²) in [6, 6.07) is 0.149. The fourth-order valence-electron chi connectivity index (χ4n) is 3.17. The van der Waals surface area contributed by atoms with Crippen LogP contribution in [0.4, 0.5) is 0 Å². The molecule has 1 heterocycles. The van der Waals surface area contributed by atoms with Gasteiger partial charge in [0.05, 0.1) is 0 Å². The number of rotatable bonds is 2. The first-order valence-electron chi connectivity index (χ1n) is 5.91. The fraction of sp³-hybridized carbons (Fsp3) is 0.417. The van der Waals surface area contributed by atoms with E-state index >= 15 is 0 Å². The minimum absolute atomic E-state index is 0.149. The molecule has 5 heteroatoms. The van der Waals surface area contributed by atoms with Crippen molar-refractivity contribution in [2.45, 2.75) is 18.3 Å². The minimum Gasteiger partial charge on any atom is -0.427 e. The van der Waals surface area contributed by atoms with Crippen LogP contribution in [0.5, 0.6) is 0 Å². The van der Waals surface area contributed by atoms with Gasteiger partial charge in [-0.05, 0) is 42.2 Å². The Labute approximate surface area is 99.9 Å². The predicted molar refractivity (Wildman–Crippen MR) is 64.2 cm³/mol. The Bertz CT molecular complexity index is 453. The molecule has 0 aromatic carbocycles. The van der Waals surface area contributed by atoms with Crippen LogP contribution in [0.2, 0.25) is 5.82 Å². The predicted octanol–water partition coefficient (Wildman–Crippen LogP) is -0.187. The first-order valence-corrected chi connectivity index (χ1v) is 5.91. The minimum atomic E-state index is -1.33. The summed E-state index contributed by atoms with van der Waals surface area (Å²) in [5.74, 6) is -0.0335. The Morgan fingerprint density at radius 1 is 1.41 bits per heavy atom. The van der Waals surface area contributed by atoms with E-state index in [2.05, 4.69) is 5.32 Å². The molecule has 1 aliphatic heterocycles. The molecule has 0 saturated carbocycles. The van der Waals surface area contributed by atoms with Crippen LogP contribution < -0.4 is 5.32 Å². The van der Waals surface area contributed by atoms with E-state index in [0.29, 0.717) is 5.57 Å². The van der Waals surface area contributed by atoms with Gasteiger partial charge in [-0.25, -0.2) is 0 Å². The molecule has 17 heavy (non-hydrogen) atoms. The van der Waals surface area contributed by atoms with E-state index in [1.807, 2.05) is 18.2 Å². The van der Waals surface area contributed by atoms with Gasteiger partial charge in [0.1, 0.15) is 6.29 Å². The Morgan fingerprint density at radius 3 is 2.94 bits per heavy atom. The van der Waals surface area contributed by atoms with Crippen molar-refractivity contribution in [3.8, 4) is 0 Å². The summed E-state index contributed by atoms with van der Waals surface area (Å²) in [7, 11) is -1.33. The van der Waals surface area contributed by atoms with Crippen LogP contribution in [-0.2, 0) is 4.79 Å². The molecule has 0 spiro atoms. The second-order valence-corrected chi connectivity index (χ2v) is 4.86. The first kappa shape index (κ1) is 11.0. The van der Waals surface area contributed by atoms with Crippen LogP contribution in [-0.4, -0.2) is 36.0 Å². The molecule has 3 atom stereocenters. The summed E-state index contributed by atoms with van der Waals surface area (Å²) in [5, 5.41) is 22.3. The Balaban J connectivity index is 2.03. The number of carbonyl (C=O) groups excluding carboxylic acids is 1. The van der Waals surface area contributed by atoms with Gasteiger partial charge in [-0.1, -0.05) is 6.08 Å². The molecule has 3 N–H and O–H groups in total. The maximum atomic E-state index is 10.8. The van der Waals surface area contributed by atoms with Crippen LogP contribution in [0.1, 0.15) is 6.42 Å². The lowest BCUT2D eigenvalue weighted by Crippen LogP contribution is -2.38. The standard InChI is InChI=1S/C12H14BNO3/c15-6-7-3-8-5-11(13(16)17)9-1-2-14-12(9)10(8)4-7/h3-6,9,11-12,14,16-17H,1-2H2. The highest BCUT2D eigenvalue weighted by atomic mass is 16.4. The third-order valence-corrected chi connectivity index (χ3v) is 3.93. The summed E-state index contributed by atoms with van der Waals surface area (Å²) in [6.07, 6.45) is 7.37. The van der Waals surface area contributed by atoms with Gasteiger partial charge in [0.15, 0.2) is 0 Å². The van der Waals surface area contributed by atoms with Crippen molar-refractivity contribution in [2.24, 2.45) is 5.92 Å². The van der Waals surface area contributed by atoms with Crippen molar-refractivity contribution >= 4 is 13.4 Å². The first-order chi connectivity index (χ1) is 8.20. The van der Waals surface area contributed by atoms with Crippen LogP contribution >= 0.6 is 0 Å². The summed E-state index contributed by atoms with van der Waals surface area (Å²) >= 11 is 0. The van der Waals surface area contributed by atoms with E-state index in [1.165, 1.54) is 0 Å². The zero-order valence-electron chi connectivity index (χ0n) is 9.34. The van der Waals surface area contributed by atoms with E-state index < -0.39 is 7.12 Å². The Kier molecular flexibility index (Phi) is 2.54. The van der Waals surface area contributed by atoms with Gasteiger partial charge < -0.3 is 15.4 Å². The molecule has 0 aromatic heterocycles. The molecule has 1 fully saturated rings. The number of hydrogen-bond donors (Lipinski definition) is 3. The van der Waals surface area contributed by atoms with Crippen molar-refractivity contribution < 1.29 is 14.8 Å².